The Balaban J connectivity index is 1.77. The van der Waals surface area contributed by atoms with Gasteiger partial charge in [0, 0.05) is 19.5 Å². The quantitative estimate of drug-likeness (QED) is 0.729. The highest BCUT2D eigenvalue weighted by atomic mass is 16.1. The van der Waals surface area contributed by atoms with Gasteiger partial charge in [0.2, 0.25) is 0 Å². The molecule has 0 radical (unpaired) electrons. The van der Waals surface area contributed by atoms with Crippen molar-refractivity contribution in [3.63, 3.8) is 0 Å². The van der Waals surface area contributed by atoms with Crippen LogP contribution in [0.4, 0.5) is 5.69 Å². The molecule has 0 atom stereocenters. The topological polar surface area (TPSA) is 33.2 Å². The highest BCUT2D eigenvalue weighted by molar-refractivity contribution is 5.92. The molecule has 0 N–H and O–H groups in total. The van der Waals surface area contributed by atoms with Gasteiger partial charge in [-0.3, -0.25) is 9.78 Å². The minimum absolute atomic E-state index is 0.0386. The molecule has 1 aromatic heterocycles. The summed E-state index contributed by atoms with van der Waals surface area (Å²) >= 11 is 0. The number of rotatable bonds is 5. The summed E-state index contributed by atoms with van der Waals surface area (Å²) in [6.45, 7) is 2.73. The molecule has 3 nitrogen and oxygen atoms in total. The van der Waals surface area contributed by atoms with Crippen LogP contribution in [0.15, 0.2) is 18.3 Å². The number of hydrogen-bond donors (Lipinski definition) is 0. The third-order valence-corrected chi connectivity index (χ3v) is 3.58. The Kier molecular flexibility index (Phi) is 2.61. The van der Waals surface area contributed by atoms with Gasteiger partial charge in [-0.2, -0.15) is 0 Å². The van der Waals surface area contributed by atoms with E-state index in [9.17, 15) is 4.79 Å². The molecule has 3 rings (SSSR count). The van der Waals surface area contributed by atoms with E-state index in [0.29, 0.717) is 5.69 Å². The SMILES string of the molecule is CC(=O)c1ccc(N(CC2CC2)C2CC2)cn1. The number of pyridine rings is 1. The van der Waals surface area contributed by atoms with E-state index >= 15 is 0 Å². The average Bonchev–Trinajstić information content (AvgIpc) is 3.18. The van der Waals surface area contributed by atoms with Crippen LogP contribution in [0.2, 0.25) is 0 Å². The normalized spacial score (nSPS) is 19.1. The van der Waals surface area contributed by atoms with Gasteiger partial charge in [0.25, 0.3) is 0 Å². The van der Waals surface area contributed by atoms with E-state index in [0.717, 1.165) is 12.0 Å². The van der Waals surface area contributed by atoms with E-state index in [2.05, 4.69) is 9.88 Å². The molecule has 1 heterocycles. The zero-order valence-corrected chi connectivity index (χ0v) is 10.2. The number of Topliss-reactive ketones (excluding diaryl/α,β-unsaturated/α-hetero) is 1. The Hall–Kier alpha value is -1.38. The van der Waals surface area contributed by atoms with Crippen molar-refractivity contribution >= 4 is 11.5 Å². The highest BCUT2D eigenvalue weighted by Crippen LogP contribution is 2.37. The standard InChI is InChI=1S/C14H18N2O/c1-10(17)14-7-6-13(8-15-14)16(12-4-5-12)9-11-2-3-11/h6-8,11-12H,2-5,9H2,1H3. The summed E-state index contributed by atoms with van der Waals surface area (Å²) in [6.07, 6.45) is 7.23. The maximum Gasteiger partial charge on any atom is 0.178 e. The van der Waals surface area contributed by atoms with E-state index in [-0.39, 0.29) is 5.78 Å². The first-order chi connectivity index (χ1) is 8.24. The van der Waals surface area contributed by atoms with Crippen molar-refractivity contribution in [2.75, 3.05) is 11.4 Å². The first kappa shape index (κ1) is 10.8. The lowest BCUT2D eigenvalue weighted by atomic mass is 10.2. The lowest BCUT2D eigenvalue weighted by Gasteiger charge is -2.24. The van der Waals surface area contributed by atoms with Crippen LogP contribution in [0.5, 0.6) is 0 Å². The van der Waals surface area contributed by atoms with Gasteiger partial charge in [0.1, 0.15) is 5.69 Å². The summed E-state index contributed by atoms with van der Waals surface area (Å²) in [4.78, 5) is 17.9. The number of nitrogens with zero attached hydrogens (tertiary/aromatic N) is 2. The summed E-state index contributed by atoms with van der Waals surface area (Å²) in [5.74, 6) is 0.930. The van der Waals surface area contributed by atoms with Crippen LogP contribution in [0, 0.1) is 5.92 Å². The molecular weight excluding hydrogens is 212 g/mol. The van der Waals surface area contributed by atoms with Crippen LogP contribution in [0.3, 0.4) is 0 Å². The van der Waals surface area contributed by atoms with E-state index < -0.39 is 0 Å². The van der Waals surface area contributed by atoms with Gasteiger partial charge < -0.3 is 4.90 Å². The molecule has 2 saturated carbocycles. The molecule has 0 saturated heterocycles. The predicted molar refractivity (Wildman–Crippen MR) is 67.3 cm³/mol. The fourth-order valence-electron chi connectivity index (χ4n) is 2.19. The van der Waals surface area contributed by atoms with Gasteiger partial charge in [0.15, 0.2) is 5.78 Å². The second-order valence-electron chi connectivity index (χ2n) is 5.28. The molecule has 3 heteroatoms. The average molecular weight is 230 g/mol. The lowest BCUT2D eigenvalue weighted by Crippen LogP contribution is -2.28. The fourth-order valence-corrected chi connectivity index (χ4v) is 2.19. The zero-order chi connectivity index (χ0) is 11.8. The van der Waals surface area contributed by atoms with Crippen molar-refractivity contribution in [2.24, 2.45) is 5.92 Å². The molecule has 0 aliphatic heterocycles. The van der Waals surface area contributed by atoms with Gasteiger partial charge in [-0.15, -0.1) is 0 Å². The molecule has 0 unspecified atom stereocenters. The number of hydrogen-bond acceptors (Lipinski definition) is 3. The molecular formula is C14H18N2O. The summed E-state index contributed by atoms with van der Waals surface area (Å²) in [5, 5.41) is 0. The Bertz CT molecular complexity index is 418. The number of anilines is 1. The second-order valence-corrected chi connectivity index (χ2v) is 5.28. The number of aromatic nitrogens is 1. The van der Waals surface area contributed by atoms with Crippen LogP contribution in [-0.4, -0.2) is 23.4 Å². The number of ketones is 1. The molecule has 0 aromatic carbocycles. The number of carbonyl (C=O) groups excluding carboxylic acids is 1. The molecule has 1 aromatic rings. The van der Waals surface area contributed by atoms with E-state index in [1.807, 2.05) is 18.3 Å². The van der Waals surface area contributed by atoms with Gasteiger partial charge in [0.05, 0.1) is 11.9 Å². The zero-order valence-electron chi connectivity index (χ0n) is 10.2. The van der Waals surface area contributed by atoms with Crippen LogP contribution in [0.1, 0.15) is 43.1 Å². The summed E-state index contributed by atoms with van der Waals surface area (Å²) in [7, 11) is 0. The van der Waals surface area contributed by atoms with E-state index in [1.54, 1.807) is 6.92 Å². The first-order valence-corrected chi connectivity index (χ1v) is 6.47. The molecule has 17 heavy (non-hydrogen) atoms. The molecule has 2 fully saturated rings. The number of carbonyl (C=O) groups is 1. The molecule has 0 bridgehead atoms. The summed E-state index contributed by atoms with van der Waals surface area (Å²) in [5.41, 5.74) is 1.75. The molecule has 2 aliphatic rings. The van der Waals surface area contributed by atoms with Gasteiger partial charge in [-0.05, 0) is 43.7 Å². The van der Waals surface area contributed by atoms with Gasteiger partial charge in [-0.1, -0.05) is 0 Å². The van der Waals surface area contributed by atoms with Crippen LogP contribution in [0.25, 0.3) is 0 Å². The third-order valence-electron chi connectivity index (χ3n) is 3.58. The second kappa shape index (κ2) is 4.13. The van der Waals surface area contributed by atoms with Crippen molar-refractivity contribution in [3.05, 3.63) is 24.0 Å². The molecule has 0 amide bonds. The Morgan fingerprint density at radius 1 is 1.35 bits per heavy atom. The minimum atomic E-state index is 0.0386. The van der Waals surface area contributed by atoms with Crippen molar-refractivity contribution in [3.8, 4) is 0 Å². The Morgan fingerprint density at radius 3 is 2.59 bits per heavy atom. The maximum atomic E-state index is 11.2. The van der Waals surface area contributed by atoms with Crippen molar-refractivity contribution in [1.82, 2.24) is 4.98 Å². The highest BCUT2D eigenvalue weighted by Gasteiger charge is 2.33. The third kappa shape index (κ3) is 2.48. The largest absolute Gasteiger partial charge is 0.367 e. The van der Waals surface area contributed by atoms with Crippen molar-refractivity contribution in [2.45, 2.75) is 38.6 Å². The monoisotopic (exact) mass is 230 g/mol. The predicted octanol–water partition coefficient (Wildman–Crippen LogP) is 2.66. The van der Waals surface area contributed by atoms with E-state index in [1.165, 1.54) is 37.9 Å². The van der Waals surface area contributed by atoms with Crippen LogP contribution >= 0.6 is 0 Å². The molecule has 0 spiro atoms. The Morgan fingerprint density at radius 2 is 2.12 bits per heavy atom. The fraction of sp³-hybridized carbons (Fsp3) is 0.571. The van der Waals surface area contributed by atoms with Crippen LogP contribution < -0.4 is 4.90 Å². The minimum Gasteiger partial charge on any atom is -0.367 e. The molecule has 2 aliphatic carbocycles. The Labute approximate surface area is 102 Å². The lowest BCUT2D eigenvalue weighted by molar-refractivity contribution is 0.101. The van der Waals surface area contributed by atoms with Crippen LogP contribution in [-0.2, 0) is 0 Å². The summed E-state index contributed by atoms with van der Waals surface area (Å²) < 4.78 is 0. The smallest absolute Gasteiger partial charge is 0.178 e. The van der Waals surface area contributed by atoms with E-state index in [4.69, 9.17) is 0 Å². The van der Waals surface area contributed by atoms with Crippen molar-refractivity contribution in [1.29, 1.82) is 0 Å². The summed E-state index contributed by atoms with van der Waals surface area (Å²) in [6, 6.07) is 4.62. The van der Waals surface area contributed by atoms with Gasteiger partial charge in [-0.25, -0.2) is 0 Å². The molecule has 90 valence electrons. The maximum absolute atomic E-state index is 11.2. The van der Waals surface area contributed by atoms with Gasteiger partial charge >= 0.3 is 0 Å². The van der Waals surface area contributed by atoms with Crippen molar-refractivity contribution < 1.29 is 4.79 Å². The first-order valence-electron chi connectivity index (χ1n) is 6.47.